The number of ether oxygens (including phenoxy) is 2. The molecule has 4 nitrogen and oxygen atoms in total. The predicted octanol–water partition coefficient (Wildman–Crippen LogP) is 0.728. The SMILES string of the molecule is c1cc(C2(CC3COCCN3)COC2)ccn1. The number of pyridine rings is 1. The van der Waals surface area contributed by atoms with Crippen LogP contribution >= 0.6 is 0 Å². The second-order valence-corrected chi connectivity index (χ2v) is 4.94. The van der Waals surface area contributed by atoms with E-state index >= 15 is 0 Å². The molecule has 92 valence electrons. The Morgan fingerprint density at radius 1 is 1.29 bits per heavy atom. The summed E-state index contributed by atoms with van der Waals surface area (Å²) in [7, 11) is 0. The van der Waals surface area contributed by atoms with Crippen LogP contribution in [0.5, 0.6) is 0 Å². The lowest BCUT2D eigenvalue weighted by Crippen LogP contribution is -2.53. The lowest BCUT2D eigenvalue weighted by Gasteiger charge is -2.44. The molecule has 0 spiro atoms. The fraction of sp³-hybridized carbons (Fsp3) is 0.615. The van der Waals surface area contributed by atoms with Crippen molar-refractivity contribution in [2.24, 2.45) is 0 Å². The summed E-state index contributed by atoms with van der Waals surface area (Å²) >= 11 is 0. The summed E-state index contributed by atoms with van der Waals surface area (Å²) in [6.07, 6.45) is 4.80. The van der Waals surface area contributed by atoms with Gasteiger partial charge in [0.2, 0.25) is 0 Å². The molecule has 1 unspecified atom stereocenters. The van der Waals surface area contributed by atoms with Crippen molar-refractivity contribution in [3.05, 3.63) is 30.1 Å². The first-order chi connectivity index (χ1) is 8.39. The number of hydrogen-bond acceptors (Lipinski definition) is 4. The first-order valence-electron chi connectivity index (χ1n) is 6.18. The van der Waals surface area contributed by atoms with Gasteiger partial charge >= 0.3 is 0 Å². The van der Waals surface area contributed by atoms with Crippen molar-refractivity contribution < 1.29 is 9.47 Å². The summed E-state index contributed by atoms with van der Waals surface area (Å²) in [6, 6.07) is 4.65. The molecule has 0 aromatic carbocycles. The molecule has 1 aromatic heterocycles. The van der Waals surface area contributed by atoms with Gasteiger partial charge < -0.3 is 14.8 Å². The van der Waals surface area contributed by atoms with Gasteiger partial charge in [-0.05, 0) is 24.1 Å². The zero-order valence-corrected chi connectivity index (χ0v) is 9.89. The summed E-state index contributed by atoms with van der Waals surface area (Å²) < 4.78 is 11.0. The minimum Gasteiger partial charge on any atom is -0.379 e. The average molecular weight is 234 g/mol. The maximum atomic E-state index is 5.52. The maximum Gasteiger partial charge on any atom is 0.0620 e. The summed E-state index contributed by atoms with van der Waals surface area (Å²) in [6.45, 7) is 4.23. The van der Waals surface area contributed by atoms with E-state index in [0.717, 1.165) is 39.4 Å². The van der Waals surface area contributed by atoms with Gasteiger partial charge in [-0.2, -0.15) is 0 Å². The first kappa shape index (κ1) is 11.1. The van der Waals surface area contributed by atoms with Gasteiger partial charge in [-0.1, -0.05) is 0 Å². The van der Waals surface area contributed by atoms with Crippen LogP contribution in [0.15, 0.2) is 24.5 Å². The third-order valence-electron chi connectivity index (χ3n) is 3.68. The highest BCUT2D eigenvalue weighted by Crippen LogP contribution is 2.36. The molecule has 0 radical (unpaired) electrons. The third kappa shape index (κ3) is 2.20. The number of hydrogen-bond donors (Lipinski definition) is 1. The number of aromatic nitrogens is 1. The Morgan fingerprint density at radius 3 is 2.71 bits per heavy atom. The van der Waals surface area contributed by atoms with E-state index in [1.54, 1.807) is 0 Å². The van der Waals surface area contributed by atoms with Crippen LogP contribution in [0.2, 0.25) is 0 Å². The summed E-state index contributed by atoms with van der Waals surface area (Å²) in [5.74, 6) is 0. The second-order valence-electron chi connectivity index (χ2n) is 4.94. The maximum absolute atomic E-state index is 5.52. The molecular formula is C13H18N2O2. The van der Waals surface area contributed by atoms with Crippen LogP contribution in [0.3, 0.4) is 0 Å². The molecule has 17 heavy (non-hydrogen) atoms. The smallest absolute Gasteiger partial charge is 0.0620 e. The van der Waals surface area contributed by atoms with Crippen LogP contribution in [0.25, 0.3) is 0 Å². The summed E-state index contributed by atoms with van der Waals surface area (Å²) in [5.41, 5.74) is 1.51. The van der Waals surface area contributed by atoms with Crippen LogP contribution in [-0.4, -0.2) is 44.0 Å². The number of nitrogens with zero attached hydrogens (tertiary/aromatic N) is 1. The molecule has 2 aliphatic heterocycles. The van der Waals surface area contributed by atoms with Crippen molar-refractivity contribution in [3.63, 3.8) is 0 Å². The standard InChI is InChI=1S/C13H18N2O2/c1-3-14-4-2-11(1)13(9-17-10-13)7-12-8-16-6-5-15-12/h1-4,12,15H,5-10H2. The van der Waals surface area contributed by atoms with E-state index in [9.17, 15) is 0 Å². The fourth-order valence-electron chi connectivity index (χ4n) is 2.68. The van der Waals surface area contributed by atoms with Gasteiger partial charge in [0.15, 0.2) is 0 Å². The molecule has 2 saturated heterocycles. The largest absolute Gasteiger partial charge is 0.379 e. The Labute approximate surface area is 101 Å². The van der Waals surface area contributed by atoms with Crippen molar-refractivity contribution in [1.82, 2.24) is 10.3 Å². The van der Waals surface area contributed by atoms with Crippen molar-refractivity contribution in [1.29, 1.82) is 0 Å². The van der Waals surface area contributed by atoms with E-state index in [0.29, 0.717) is 6.04 Å². The highest BCUT2D eigenvalue weighted by atomic mass is 16.5. The molecule has 1 N–H and O–H groups in total. The van der Waals surface area contributed by atoms with Gasteiger partial charge in [0.25, 0.3) is 0 Å². The number of nitrogens with one attached hydrogen (secondary N) is 1. The zero-order valence-electron chi connectivity index (χ0n) is 9.89. The summed E-state index contributed by atoms with van der Waals surface area (Å²) in [5, 5.41) is 3.52. The molecule has 0 saturated carbocycles. The van der Waals surface area contributed by atoms with Gasteiger partial charge in [0.05, 0.1) is 26.4 Å². The minimum atomic E-state index is 0.168. The normalized spacial score (nSPS) is 27.4. The Bertz CT molecular complexity index is 359. The molecular weight excluding hydrogens is 216 g/mol. The molecule has 4 heteroatoms. The van der Waals surface area contributed by atoms with Gasteiger partial charge in [-0.25, -0.2) is 0 Å². The molecule has 0 amide bonds. The van der Waals surface area contributed by atoms with Gasteiger partial charge in [0, 0.05) is 30.4 Å². The molecule has 0 bridgehead atoms. The second kappa shape index (κ2) is 4.72. The highest BCUT2D eigenvalue weighted by Gasteiger charge is 2.42. The molecule has 1 atom stereocenters. The van der Waals surface area contributed by atoms with E-state index in [1.807, 2.05) is 12.4 Å². The average Bonchev–Trinajstić information content (AvgIpc) is 2.36. The van der Waals surface area contributed by atoms with Crippen LogP contribution in [-0.2, 0) is 14.9 Å². The van der Waals surface area contributed by atoms with Crippen molar-refractivity contribution in [2.75, 3.05) is 33.0 Å². The topological polar surface area (TPSA) is 43.4 Å². The number of rotatable bonds is 3. The Kier molecular flexibility index (Phi) is 3.09. The van der Waals surface area contributed by atoms with E-state index in [2.05, 4.69) is 22.4 Å². The van der Waals surface area contributed by atoms with Crippen LogP contribution in [0.4, 0.5) is 0 Å². The third-order valence-corrected chi connectivity index (χ3v) is 3.68. The first-order valence-corrected chi connectivity index (χ1v) is 6.18. The lowest BCUT2D eigenvalue weighted by molar-refractivity contribution is -0.0753. The van der Waals surface area contributed by atoms with Gasteiger partial charge in [0.1, 0.15) is 0 Å². The highest BCUT2D eigenvalue weighted by molar-refractivity contribution is 5.26. The molecule has 2 aliphatic rings. The van der Waals surface area contributed by atoms with E-state index < -0.39 is 0 Å². The van der Waals surface area contributed by atoms with Gasteiger partial charge in [-0.3, -0.25) is 4.98 Å². The molecule has 3 rings (SSSR count). The quantitative estimate of drug-likeness (QED) is 0.837. The number of morpholine rings is 1. The van der Waals surface area contributed by atoms with Crippen molar-refractivity contribution in [3.8, 4) is 0 Å². The Morgan fingerprint density at radius 2 is 2.12 bits per heavy atom. The lowest BCUT2D eigenvalue weighted by atomic mass is 9.74. The van der Waals surface area contributed by atoms with E-state index in [4.69, 9.17) is 9.47 Å². The molecule has 0 aliphatic carbocycles. The van der Waals surface area contributed by atoms with Crippen molar-refractivity contribution >= 4 is 0 Å². The van der Waals surface area contributed by atoms with Crippen molar-refractivity contribution in [2.45, 2.75) is 17.9 Å². The monoisotopic (exact) mass is 234 g/mol. The summed E-state index contributed by atoms with van der Waals surface area (Å²) in [4.78, 5) is 4.08. The van der Waals surface area contributed by atoms with Crippen LogP contribution in [0.1, 0.15) is 12.0 Å². The van der Waals surface area contributed by atoms with Crippen LogP contribution in [0, 0.1) is 0 Å². The van der Waals surface area contributed by atoms with E-state index in [-0.39, 0.29) is 5.41 Å². The molecule has 2 fully saturated rings. The van der Waals surface area contributed by atoms with E-state index in [1.165, 1.54) is 5.56 Å². The molecule has 1 aromatic rings. The molecule has 3 heterocycles. The Balaban J connectivity index is 1.73. The predicted molar refractivity (Wildman–Crippen MR) is 64.0 cm³/mol. The zero-order chi connectivity index (χ0) is 11.6. The van der Waals surface area contributed by atoms with Gasteiger partial charge in [-0.15, -0.1) is 0 Å². The Hall–Kier alpha value is -0.970. The van der Waals surface area contributed by atoms with Crippen LogP contribution < -0.4 is 5.32 Å². The fourth-order valence-corrected chi connectivity index (χ4v) is 2.68. The minimum absolute atomic E-state index is 0.168.